The Morgan fingerprint density at radius 2 is 1.76 bits per heavy atom. The van der Waals surface area contributed by atoms with E-state index in [0.717, 1.165) is 11.1 Å². The number of likely N-dealkylation sites (tertiary alicyclic amines) is 2. The minimum atomic E-state index is -3.42. The van der Waals surface area contributed by atoms with Crippen molar-refractivity contribution >= 4 is 33.4 Å². The van der Waals surface area contributed by atoms with Gasteiger partial charge in [0.2, 0.25) is 5.91 Å². The lowest BCUT2D eigenvalue weighted by atomic mass is 9.90. The molecule has 0 radical (unpaired) electrons. The van der Waals surface area contributed by atoms with Crippen LogP contribution in [0.2, 0.25) is 5.02 Å². The van der Waals surface area contributed by atoms with Gasteiger partial charge in [-0.15, -0.1) is 0 Å². The van der Waals surface area contributed by atoms with Gasteiger partial charge in [0.05, 0.1) is 10.8 Å². The lowest BCUT2D eigenvalue weighted by Crippen LogP contribution is -2.53. The second-order valence-corrected chi connectivity index (χ2v) is 11.2. The summed E-state index contributed by atoms with van der Waals surface area (Å²) in [5.41, 5.74) is 2.53. The SMILES string of the molecule is CCNC(=O)[C@@H]1CCN(C(=O)N2CC(c3ccc(-c4ccc(Cl)cc4S(C)(=O)=O)cc3)C2)C1. The number of urea groups is 1. The maximum Gasteiger partial charge on any atom is 0.320 e. The second kappa shape index (κ2) is 9.35. The van der Waals surface area contributed by atoms with Crippen molar-refractivity contribution in [3.63, 3.8) is 0 Å². The molecule has 1 atom stereocenters. The first-order valence-electron chi connectivity index (χ1n) is 11.1. The average Bonchev–Trinajstić information content (AvgIpc) is 3.23. The number of hydrogen-bond acceptors (Lipinski definition) is 4. The van der Waals surface area contributed by atoms with Gasteiger partial charge in [-0.1, -0.05) is 41.9 Å². The fourth-order valence-electron chi connectivity index (χ4n) is 4.49. The Morgan fingerprint density at radius 3 is 2.39 bits per heavy atom. The highest BCUT2D eigenvalue weighted by Gasteiger charge is 2.38. The van der Waals surface area contributed by atoms with Gasteiger partial charge in [0, 0.05) is 55.5 Å². The maximum atomic E-state index is 12.8. The predicted octanol–water partition coefficient (Wildman–Crippen LogP) is 3.39. The molecule has 2 aliphatic rings. The monoisotopic (exact) mass is 489 g/mol. The van der Waals surface area contributed by atoms with E-state index in [0.29, 0.717) is 49.7 Å². The Bertz CT molecular complexity index is 1160. The lowest BCUT2D eigenvalue weighted by molar-refractivity contribution is -0.124. The standard InChI is InChI=1S/C24H28ClN3O4S/c1-3-26-23(29)18-10-11-27(13-18)24(30)28-14-19(15-28)16-4-6-17(7-5-16)21-9-8-20(25)12-22(21)33(2,31)32/h4-9,12,18-19H,3,10-11,13-15H2,1-2H3,(H,26,29)/t18-/m1/s1. The summed E-state index contributed by atoms with van der Waals surface area (Å²) in [5.74, 6) is 0.140. The van der Waals surface area contributed by atoms with Crippen molar-refractivity contribution in [1.82, 2.24) is 15.1 Å². The summed E-state index contributed by atoms with van der Waals surface area (Å²) >= 11 is 6.01. The summed E-state index contributed by atoms with van der Waals surface area (Å²) in [6, 6.07) is 12.7. The molecule has 2 aromatic carbocycles. The van der Waals surface area contributed by atoms with Gasteiger partial charge in [-0.05, 0) is 36.6 Å². The van der Waals surface area contributed by atoms with Crippen LogP contribution in [-0.4, -0.2) is 69.1 Å². The minimum Gasteiger partial charge on any atom is -0.356 e. The number of nitrogens with one attached hydrogen (secondary N) is 1. The Morgan fingerprint density at radius 1 is 1.06 bits per heavy atom. The number of nitrogens with zero attached hydrogens (tertiary/aromatic N) is 2. The van der Waals surface area contributed by atoms with Crippen molar-refractivity contribution in [3.05, 3.63) is 53.1 Å². The molecular formula is C24H28ClN3O4S. The normalized spacial score (nSPS) is 18.8. The van der Waals surface area contributed by atoms with E-state index in [1.165, 1.54) is 12.3 Å². The third-order valence-electron chi connectivity index (χ3n) is 6.37. The molecule has 0 saturated carbocycles. The van der Waals surface area contributed by atoms with Gasteiger partial charge in [0.1, 0.15) is 0 Å². The molecule has 0 bridgehead atoms. The molecule has 0 unspecified atom stereocenters. The van der Waals surface area contributed by atoms with Gasteiger partial charge in [-0.3, -0.25) is 4.79 Å². The van der Waals surface area contributed by atoms with Crippen molar-refractivity contribution in [2.24, 2.45) is 5.92 Å². The topological polar surface area (TPSA) is 86.8 Å². The number of carbonyl (C=O) groups excluding carboxylic acids is 2. The van der Waals surface area contributed by atoms with Gasteiger partial charge in [0.25, 0.3) is 0 Å². The average molecular weight is 490 g/mol. The van der Waals surface area contributed by atoms with Gasteiger partial charge in [-0.25, -0.2) is 13.2 Å². The molecule has 0 aliphatic carbocycles. The van der Waals surface area contributed by atoms with Crippen LogP contribution < -0.4 is 5.32 Å². The number of benzene rings is 2. The highest BCUT2D eigenvalue weighted by molar-refractivity contribution is 7.90. The predicted molar refractivity (Wildman–Crippen MR) is 128 cm³/mol. The Balaban J connectivity index is 1.38. The molecule has 2 saturated heterocycles. The molecule has 2 aromatic rings. The first-order valence-corrected chi connectivity index (χ1v) is 13.4. The van der Waals surface area contributed by atoms with Crippen LogP contribution in [0.15, 0.2) is 47.4 Å². The van der Waals surface area contributed by atoms with Crippen LogP contribution in [0.25, 0.3) is 11.1 Å². The van der Waals surface area contributed by atoms with Crippen LogP contribution in [0.4, 0.5) is 4.79 Å². The van der Waals surface area contributed by atoms with E-state index < -0.39 is 9.84 Å². The number of hydrogen-bond donors (Lipinski definition) is 1. The van der Waals surface area contributed by atoms with E-state index in [2.05, 4.69) is 5.32 Å². The van der Waals surface area contributed by atoms with Crippen molar-refractivity contribution < 1.29 is 18.0 Å². The fraction of sp³-hybridized carbons (Fsp3) is 0.417. The second-order valence-electron chi connectivity index (χ2n) is 8.75. The van der Waals surface area contributed by atoms with Gasteiger partial charge < -0.3 is 15.1 Å². The highest BCUT2D eigenvalue weighted by Crippen LogP contribution is 2.33. The molecule has 0 spiro atoms. The van der Waals surface area contributed by atoms with Crippen LogP contribution in [0.1, 0.15) is 24.8 Å². The number of amides is 3. The van der Waals surface area contributed by atoms with E-state index >= 15 is 0 Å². The Labute approximate surface area is 199 Å². The zero-order chi connectivity index (χ0) is 23.8. The molecular weight excluding hydrogens is 462 g/mol. The van der Waals surface area contributed by atoms with E-state index in [1.54, 1.807) is 17.0 Å². The van der Waals surface area contributed by atoms with Crippen molar-refractivity contribution in [2.75, 3.05) is 39.0 Å². The molecule has 2 fully saturated rings. The maximum absolute atomic E-state index is 12.8. The van der Waals surface area contributed by atoms with Crippen molar-refractivity contribution in [3.8, 4) is 11.1 Å². The molecule has 1 N–H and O–H groups in total. The third-order valence-corrected chi connectivity index (χ3v) is 7.74. The van der Waals surface area contributed by atoms with E-state index in [4.69, 9.17) is 11.6 Å². The van der Waals surface area contributed by atoms with Gasteiger partial charge in [0.15, 0.2) is 9.84 Å². The molecule has 2 heterocycles. The number of carbonyl (C=O) groups is 2. The summed E-state index contributed by atoms with van der Waals surface area (Å²) < 4.78 is 24.4. The highest BCUT2D eigenvalue weighted by atomic mass is 35.5. The van der Waals surface area contributed by atoms with Crippen LogP contribution in [0.5, 0.6) is 0 Å². The molecule has 7 nitrogen and oxygen atoms in total. The van der Waals surface area contributed by atoms with Crippen LogP contribution in [-0.2, 0) is 14.6 Å². The van der Waals surface area contributed by atoms with Gasteiger partial charge >= 0.3 is 6.03 Å². The van der Waals surface area contributed by atoms with Crippen LogP contribution in [0, 0.1) is 5.92 Å². The molecule has 4 rings (SSSR count). The lowest BCUT2D eigenvalue weighted by Gasteiger charge is -2.41. The zero-order valence-corrected chi connectivity index (χ0v) is 20.3. The van der Waals surface area contributed by atoms with Crippen LogP contribution >= 0.6 is 11.6 Å². The van der Waals surface area contributed by atoms with E-state index in [1.807, 2.05) is 36.1 Å². The summed E-state index contributed by atoms with van der Waals surface area (Å²) in [5, 5.41) is 3.21. The first-order chi connectivity index (χ1) is 15.7. The van der Waals surface area contributed by atoms with Gasteiger partial charge in [-0.2, -0.15) is 0 Å². The number of sulfone groups is 1. The Hall–Kier alpha value is -2.58. The van der Waals surface area contributed by atoms with Crippen LogP contribution in [0.3, 0.4) is 0 Å². The zero-order valence-electron chi connectivity index (χ0n) is 18.8. The summed E-state index contributed by atoms with van der Waals surface area (Å²) in [7, 11) is -3.42. The smallest absolute Gasteiger partial charge is 0.320 e. The Kier molecular flexibility index (Phi) is 6.68. The third kappa shape index (κ3) is 5.01. The minimum absolute atomic E-state index is 0.00590. The first kappa shape index (κ1) is 23.6. The number of rotatable bonds is 5. The molecule has 176 valence electrons. The summed E-state index contributed by atoms with van der Waals surface area (Å²) in [6.45, 7) is 4.85. The van der Waals surface area contributed by atoms with E-state index in [9.17, 15) is 18.0 Å². The van der Waals surface area contributed by atoms with Crippen molar-refractivity contribution in [1.29, 1.82) is 0 Å². The summed E-state index contributed by atoms with van der Waals surface area (Å²) in [6.07, 6.45) is 1.88. The summed E-state index contributed by atoms with van der Waals surface area (Å²) in [4.78, 5) is 28.6. The quantitative estimate of drug-likeness (QED) is 0.697. The molecule has 33 heavy (non-hydrogen) atoms. The molecule has 0 aromatic heterocycles. The van der Waals surface area contributed by atoms with Crippen molar-refractivity contribution in [2.45, 2.75) is 24.2 Å². The molecule has 2 aliphatic heterocycles. The largest absolute Gasteiger partial charge is 0.356 e. The van der Waals surface area contributed by atoms with E-state index in [-0.39, 0.29) is 28.7 Å². The fourth-order valence-corrected chi connectivity index (χ4v) is 5.65. The molecule has 3 amide bonds. The number of halogens is 1. The molecule has 9 heteroatoms.